The van der Waals surface area contributed by atoms with Gasteiger partial charge < -0.3 is 15.4 Å². The summed E-state index contributed by atoms with van der Waals surface area (Å²) >= 11 is 0. The average Bonchev–Trinajstić information content (AvgIpc) is 3.12. The molecule has 4 rings (SSSR count). The van der Waals surface area contributed by atoms with Gasteiger partial charge in [-0.15, -0.1) is 0 Å². The van der Waals surface area contributed by atoms with Crippen LogP contribution in [0.4, 0.5) is 35.0 Å². The Morgan fingerprint density at radius 2 is 1.78 bits per heavy atom. The van der Waals surface area contributed by atoms with Crippen LogP contribution in [0.3, 0.4) is 0 Å². The lowest BCUT2D eigenvalue weighted by Gasteiger charge is -2.15. The summed E-state index contributed by atoms with van der Waals surface area (Å²) in [7, 11) is 0. The zero-order valence-electron chi connectivity index (χ0n) is 19.1. The third-order valence-corrected chi connectivity index (χ3v) is 5.58. The fourth-order valence-corrected chi connectivity index (χ4v) is 3.68. The van der Waals surface area contributed by atoms with Gasteiger partial charge in [0.2, 0.25) is 5.43 Å². The normalized spacial score (nSPS) is 15.1. The highest BCUT2D eigenvalue weighted by Crippen LogP contribution is 2.28. The fourth-order valence-electron chi connectivity index (χ4n) is 3.68. The van der Waals surface area contributed by atoms with Gasteiger partial charge in [-0.2, -0.15) is 8.78 Å². The second-order valence-corrected chi connectivity index (χ2v) is 8.22. The van der Waals surface area contributed by atoms with Gasteiger partial charge >= 0.3 is 12.5 Å². The zero-order valence-corrected chi connectivity index (χ0v) is 19.1. The van der Waals surface area contributed by atoms with Crippen molar-refractivity contribution in [2.45, 2.75) is 19.5 Å². The second-order valence-electron chi connectivity index (χ2n) is 8.22. The standard InChI is InChI=1S/C26H22F3N3O4/c1-15-5-7-16(8-6-15)17-3-2-4-23(33)22(11-17)31-21-10-9-18(12-20(21)27)32-14-19(36-26(32)35)13-30-25(34)24(28)29/h2-12,19,24H,13-14H2,1H3,(H,30,34)(H,31,33). The van der Waals surface area contributed by atoms with Crippen molar-refractivity contribution in [1.82, 2.24) is 5.32 Å². The monoisotopic (exact) mass is 497 g/mol. The molecule has 0 spiro atoms. The molecule has 3 aromatic carbocycles. The molecule has 1 fully saturated rings. The SMILES string of the molecule is Cc1ccc(-c2cccc(=O)c(Nc3ccc(N4CC(CNC(=O)C(F)F)OC4=O)cc3F)c2)cc1. The summed E-state index contributed by atoms with van der Waals surface area (Å²) in [6.07, 6.45) is -4.85. The van der Waals surface area contributed by atoms with E-state index in [-0.39, 0.29) is 35.6 Å². The molecule has 0 aliphatic carbocycles. The number of alkyl halides is 2. The summed E-state index contributed by atoms with van der Waals surface area (Å²) in [5.41, 5.74) is 2.77. The first-order valence-corrected chi connectivity index (χ1v) is 11.0. The minimum atomic E-state index is -3.18. The maximum atomic E-state index is 15.0. The maximum absolute atomic E-state index is 15.0. The summed E-state index contributed by atoms with van der Waals surface area (Å²) < 4.78 is 44.7. The largest absolute Gasteiger partial charge is 0.442 e. The van der Waals surface area contributed by atoms with Gasteiger partial charge in [0, 0.05) is 0 Å². The van der Waals surface area contributed by atoms with E-state index in [0.717, 1.165) is 27.7 Å². The van der Waals surface area contributed by atoms with Gasteiger partial charge in [0.25, 0.3) is 5.91 Å². The Kier molecular flexibility index (Phi) is 7.23. The molecule has 7 nitrogen and oxygen atoms in total. The van der Waals surface area contributed by atoms with E-state index in [1.54, 1.807) is 18.2 Å². The molecule has 36 heavy (non-hydrogen) atoms. The quantitative estimate of drug-likeness (QED) is 0.498. The van der Waals surface area contributed by atoms with E-state index < -0.39 is 30.3 Å². The summed E-state index contributed by atoms with van der Waals surface area (Å²) in [6.45, 7) is 1.61. The van der Waals surface area contributed by atoms with Crippen LogP contribution >= 0.6 is 0 Å². The number of ether oxygens (including phenoxy) is 1. The molecule has 1 atom stereocenters. The number of hydrogen-bond acceptors (Lipinski definition) is 5. The molecule has 1 aliphatic heterocycles. The lowest BCUT2D eigenvalue weighted by molar-refractivity contribution is -0.132. The lowest BCUT2D eigenvalue weighted by Crippen LogP contribution is -2.37. The number of benzene rings is 2. The molecule has 3 aromatic rings. The van der Waals surface area contributed by atoms with Gasteiger partial charge in [0.15, 0.2) is 0 Å². The van der Waals surface area contributed by atoms with Crippen LogP contribution in [0.15, 0.2) is 71.5 Å². The Balaban J connectivity index is 1.51. The van der Waals surface area contributed by atoms with Crippen LogP contribution in [0.25, 0.3) is 11.1 Å². The molecule has 10 heteroatoms. The van der Waals surface area contributed by atoms with E-state index in [0.29, 0.717) is 0 Å². The highest BCUT2D eigenvalue weighted by atomic mass is 19.3. The average molecular weight is 497 g/mol. The Morgan fingerprint density at radius 1 is 1.03 bits per heavy atom. The van der Waals surface area contributed by atoms with Crippen molar-refractivity contribution < 1.29 is 27.5 Å². The van der Waals surface area contributed by atoms with Crippen molar-refractivity contribution in [3.05, 3.63) is 88.3 Å². The molecule has 2 amide bonds. The first-order valence-electron chi connectivity index (χ1n) is 11.0. The number of carbonyl (C=O) groups excluding carboxylic acids is 2. The van der Waals surface area contributed by atoms with Gasteiger partial charge in [-0.05, 0) is 48.4 Å². The van der Waals surface area contributed by atoms with Gasteiger partial charge in [0.1, 0.15) is 11.9 Å². The molecule has 0 aromatic heterocycles. The van der Waals surface area contributed by atoms with E-state index >= 15 is 0 Å². The van der Waals surface area contributed by atoms with Gasteiger partial charge in [0.05, 0.1) is 30.2 Å². The van der Waals surface area contributed by atoms with Crippen molar-refractivity contribution >= 4 is 29.1 Å². The summed E-state index contributed by atoms with van der Waals surface area (Å²) in [6, 6.07) is 18.1. The topological polar surface area (TPSA) is 87.7 Å². The molecule has 1 saturated heterocycles. The van der Waals surface area contributed by atoms with Crippen LogP contribution in [-0.2, 0) is 9.53 Å². The van der Waals surface area contributed by atoms with Gasteiger partial charge in [-0.1, -0.05) is 42.0 Å². The molecule has 0 radical (unpaired) electrons. The Hall–Kier alpha value is -4.34. The highest BCUT2D eigenvalue weighted by Gasteiger charge is 2.33. The van der Waals surface area contributed by atoms with E-state index in [2.05, 4.69) is 5.32 Å². The number of rotatable bonds is 7. The van der Waals surface area contributed by atoms with Crippen LogP contribution in [0.1, 0.15) is 5.56 Å². The van der Waals surface area contributed by atoms with E-state index in [4.69, 9.17) is 4.74 Å². The summed E-state index contributed by atoms with van der Waals surface area (Å²) in [5, 5.41) is 4.81. The van der Waals surface area contributed by atoms with Crippen LogP contribution in [0, 0.1) is 12.7 Å². The van der Waals surface area contributed by atoms with Crippen molar-refractivity contribution in [2.24, 2.45) is 0 Å². The number of aryl methyl sites for hydroxylation is 1. The van der Waals surface area contributed by atoms with Crippen LogP contribution < -0.4 is 21.0 Å². The molecule has 2 N–H and O–H groups in total. The van der Waals surface area contributed by atoms with Gasteiger partial charge in [-0.25, -0.2) is 9.18 Å². The smallest absolute Gasteiger partial charge is 0.414 e. The minimum absolute atomic E-state index is 0.0187. The predicted octanol–water partition coefficient (Wildman–Crippen LogP) is 4.61. The lowest BCUT2D eigenvalue weighted by atomic mass is 10.1. The van der Waals surface area contributed by atoms with Crippen LogP contribution in [0.2, 0.25) is 0 Å². The van der Waals surface area contributed by atoms with Gasteiger partial charge in [-0.3, -0.25) is 14.5 Å². The Labute approximate surface area is 204 Å². The molecule has 1 unspecified atom stereocenters. The molecule has 0 bridgehead atoms. The predicted molar refractivity (Wildman–Crippen MR) is 129 cm³/mol. The van der Waals surface area contributed by atoms with Crippen LogP contribution in [0.5, 0.6) is 0 Å². The molecule has 1 heterocycles. The molecular weight excluding hydrogens is 475 g/mol. The van der Waals surface area contributed by atoms with E-state index in [9.17, 15) is 27.6 Å². The molecule has 1 aliphatic rings. The van der Waals surface area contributed by atoms with Crippen molar-refractivity contribution in [2.75, 3.05) is 23.3 Å². The number of nitrogens with zero attached hydrogens (tertiary/aromatic N) is 1. The number of carbonyl (C=O) groups is 2. The van der Waals surface area contributed by atoms with Crippen LogP contribution in [-0.4, -0.2) is 37.6 Å². The molecule has 186 valence electrons. The Bertz CT molecular complexity index is 1350. The minimum Gasteiger partial charge on any atom is -0.442 e. The van der Waals surface area contributed by atoms with E-state index in [1.165, 1.54) is 18.2 Å². The number of amides is 2. The number of halogens is 3. The van der Waals surface area contributed by atoms with E-state index in [1.807, 2.05) is 36.5 Å². The van der Waals surface area contributed by atoms with Crippen molar-refractivity contribution in [3.63, 3.8) is 0 Å². The molecular formula is C26H22F3N3O4. The number of hydrogen-bond donors (Lipinski definition) is 2. The highest BCUT2D eigenvalue weighted by molar-refractivity contribution is 5.90. The van der Waals surface area contributed by atoms with Crippen molar-refractivity contribution in [1.29, 1.82) is 0 Å². The third kappa shape index (κ3) is 5.65. The number of nitrogens with one attached hydrogen (secondary N) is 2. The summed E-state index contributed by atoms with van der Waals surface area (Å²) in [4.78, 5) is 36.9. The number of anilines is 3. The van der Waals surface area contributed by atoms with Crippen molar-refractivity contribution in [3.8, 4) is 11.1 Å². The molecule has 0 saturated carbocycles. The Morgan fingerprint density at radius 3 is 2.47 bits per heavy atom. The fraction of sp³-hybridized carbons (Fsp3) is 0.192. The first-order chi connectivity index (χ1) is 17.2. The second kappa shape index (κ2) is 10.5. The number of cyclic esters (lactones) is 1. The zero-order chi connectivity index (χ0) is 25.8. The first kappa shape index (κ1) is 24.8. The third-order valence-electron chi connectivity index (χ3n) is 5.58. The summed E-state index contributed by atoms with van der Waals surface area (Å²) in [5.74, 6) is -2.19. The maximum Gasteiger partial charge on any atom is 0.414 e.